The summed E-state index contributed by atoms with van der Waals surface area (Å²) in [4.78, 5) is 24.5. The average Bonchev–Trinajstić information content (AvgIpc) is 2.58. The van der Waals surface area contributed by atoms with Crippen molar-refractivity contribution in [2.75, 3.05) is 7.11 Å². The summed E-state index contributed by atoms with van der Waals surface area (Å²) in [6.07, 6.45) is 4.07. The van der Waals surface area contributed by atoms with Crippen molar-refractivity contribution in [2.24, 2.45) is 0 Å². The van der Waals surface area contributed by atoms with E-state index in [9.17, 15) is 19.8 Å². The lowest BCUT2D eigenvalue weighted by Gasteiger charge is -2.17. The van der Waals surface area contributed by atoms with Crippen LogP contribution in [0, 0.1) is 0 Å². The van der Waals surface area contributed by atoms with E-state index in [0.29, 0.717) is 11.3 Å². The van der Waals surface area contributed by atoms with E-state index >= 15 is 0 Å². The van der Waals surface area contributed by atoms with Gasteiger partial charge in [-0.05, 0) is 37.5 Å². The van der Waals surface area contributed by atoms with E-state index < -0.39 is 18.2 Å². The number of fused-ring (bicyclic) bond motifs is 1. The van der Waals surface area contributed by atoms with Crippen molar-refractivity contribution < 1.29 is 29.3 Å². The Bertz CT molecular complexity index is 747. The van der Waals surface area contributed by atoms with Gasteiger partial charge < -0.3 is 19.7 Å². The Labute approximate surface area is 152 Å². The smallest absolute Gasteiger partial charge is 0.343 e. The zero-order valence-electron chi connectivity index (χ0n) is 15.2. The van der Waals surface area contributed by atoms with Gasteiger partial charge >= 0.3 is 5.97 Å². The van der Waals surface area contributed by atoms with E-state index in [2.05, 4.69) is 0 Å². The van der Waals surface area contributed by atoms with Gasteiger partial charge in [-0.2, -0.15) is 0 Å². The zero-order chi connectivity index (χ0) is 19.3. The Morgan fingerprint density at radius 2 is 2.00 bits per heavy atom. The highest BCUT2D eigenvalue weighted by Gasteiger charge is 2.22. The Balaban J connectivity index is 2.47. The fourth-order valence-corrected chi connectivity index (χ4v) is 2.63. The minimum atomic E-state index is -0.803. The predicted octanol–water partition coefficient (Wildman–Crippen LogP) is 3.02. The number of esters is 1. The van der Waals surface area contributed by atoms with E-state index in [1.807, 2.05) is 0 Å². The number of hydrogen-bond donors (Lipinski definition) is 2. The molecule has 1 aromatic rings. The third-order valence-electron chi connectivity index (χ3n) is 4.31. The van der Waals surface area contributed by atoms with Crippen LogP contribution in [0.5, 0.6) is 11.5 Å². The molecule has 1 heterocycles. The number of aliphatic hydroxyl groups excluding tert-OH is 1. The highest BCUT2D eigenvalue weighted by molar-refractivity contribution is 5.97. The topological polar surface area (TPSA) is 93.1 Å². The molecule has 2 rings (SSSR count). The van der Waals surface area contributed by atoms with Gasteiger partial charge in [0.1, 0.15) is 28.9 Å². The Hall–Kier alpha value is -2.60. The summed E-state index contributed by atoms with van der Waals surface area (Å²) in [7, 11) is 1.46. The quantitative estimate of drug-likeness (QED) is 0.591. The fraction of sp³-hybridized carbons (Fsp3) is 0.400. The predicted molar refractivity (Wildman–Crippen MR) is 97.2 cm³/mol. The molecule has 0 radical (unpaired) electrons. The summed E-state index contributed by atoms with van der Waals surface area (Å²) >= 11 is 0. The molecular formula is C20H24O6. The molecule has 1 aliphatic rings. The third kappa shape index (κ3) is 4.95. The minimum Gasteiger partial charge on any atom is -0.507 e. The number of carbonyl (C=O) groups excluding carboxylic acids is 2. The second-order valence-corrected chi connectivity index (χ2v) is 6.35. The van der Waals surface area contributed by atoms with Crippen molar-refractivity contribution in [1.82, 2.24) is 0 Å². The first-order valence-electron chi connectivity index (χ1n) is 8.46. The number of Topliss-reactive ketones (excluding diaryl/α,β-unsaturated/α-hetero) is 1. The van der Waals surface area contributed by atoms with Crippen LogP contribution in [0.15, 0.2) is 29.9 Å². The summed E-state index contributed by atoms with van der Waals surface area (Å²) in [6, 6.07) is 2.95. The lowest BCUT2D eigenvalue weighted by molar-refractivity contribution is -0.120. The molecule has 0 fully saturated rings. The van der Waals surface area contributed by atoms with Crippen molar-refractivity contribution in [3.05, 3.63) is 41.0 Å². The average molecular weight is 360 g/mol. The van der Waals surface area contributed by atoms with Crippen LogP contribution in [0.25, 0.3) is 6.08 Å². The summed E-state index contributed by atoms with van der Waals surface area (Å²) < 4.78 is 10.6. The van der Waals surface area contributed by atoms with Gasteiger partial charge in [0.15, 0.2) is 0 Å². The third-order valence-corrected chi connectivity index (χ3v) is 4.31. The summed E-state index contributed by atoms with van der Waals surface area (Å²) in [5, 5.41) is 20.3. The number of cyclic esters (lactones) is 1. The number of ketones is 1. The number of ether oxygens (including phenoxy) is 2. The molecular weight excluding hydrogens is 336 g/mol. The van der Waals surface area contributed by atoms with Crippen LogP contribution in [0.4, 0.5) is 0 Å². The van der Waals surface area contributed by atoms with Crippen molar-refractivity contribution in [3.8, 4) is 11.5 Å². The number of carbonyl (C=O) groups is 2. The van der Waals surface area contributed by atoms with Crippen LogP contribution in [-0.2, 0) is 9.53 Å². The second-order valence-electron chi connectivity index (χ2n) is 6.35. The number of rotatable bonds is 1. The number of aliphatic hydroxyl groups is 1. The SMILES string of the molecule is COc1cc(O)c2c(c1)C=CC[C@H](O)CC(=O)CC=C(C)[C@H](C)OC2=O. The van der Waals surface area contributed by atoms with Gasteiger partial charge in [0, 0.05) is 18.9 Å². The van der Waals surface area contributed by atoms with Crippen LogP contribution in [0.3, 0.4) is 0 Å². The maximum Gasteiger partial charge on any atom is 0.343 e. The number of benzene rings is 1. The Kier molecular flexibility index (Phi) is 6.58. The van der Waals surface area contributed by atoms with Crippen molar-refractivity contribution in [2.45, 2.75) is 45.3 Å². The monoisotopic (exact) mass is 360 g/mol. The molecule has 2 N–H and O–H groups in total. The van der Waals surface area contributed by atoms with E-state index in [1.54, 1.807) is 38.1 Å². The summed E-state index contributed by atoms with van der Waals surface area (Å²) in [5.74, 6) is -0.611. The molecule has 6 nitrogen and oxygen atoms in total. The molecule has 1 aliphatic heterocycles. The first-order chi connectivity index (χ1) is 12.3. The van der Waals surface area contributed by atoms with Gasteiger partial charge in [0.25, 0.3) is 0 Å². The van der Waals surface area contributed by atoms with E-state index in [0.717, 1.165) is 5.57 Å². The highest BCUT2D eigenvalue weighted by Crippen LogP contribution is 2.30. The largest absolute Gasteiger partial charge is 0.507 e. The zero-order valence-corrected chi connectivity index (χ0v) is 15.2. The van der Waals surface area contributed by atoms with Gasteiger partial charge in [-0.1, -0.05) is 18.2 Å². The van der Waals surface area contributed by atoms with Crippen LogP contribution in [0.2, 0.25) is 0 Å². The van der Waals surface area contributed by atoms with Gasteiger partial charge in [-0.15, -0.1) is 0 Å². The van der Waals surface area contributed by atoms with Crippen molar-refractivity contribution >= 4 is 17.8 Å². The van der Waals surface area contributed by atoms with Crippen molar-refractivity contribution in [3.63, 3.8) is 0 Å². The molecule has 140 valence electrons. The molecule has 0 saturated carbocycles. The maximum absolute atomic E-state index is 12.6. The molecule has 2 atom stereocenters. The number of hydrogen-bond acceptors (Lipinski definition) is 6. The lowest BCUT2D eigenvalue weighted by Crippen LogP contribution is -2.18. The Morgan fingerprint density at radius 1 is 1.27 bits per heavy atom. The summed E-state index contributed by atoms with van der Waals surface area (Å²) in [5.41, 5.74) is 1.17. The number of methoxy groups -OCH3 is 1. The number of phenols is 1. The number of phenolic OH excluding ortho intramolecular Hbond substituents is 1. The molecule has 0 amide bonds. The van der Waals surface area contributed by atoms with Gasteiger partial charge in [0.2, 0.25) is 0 Å². The van der Waals surface area contributed by atoms with E-state index in [-0.39, 0.29) is 36.4 Å². The first-order valence-corrected chi connectivity index (χ1v) is 8.46. The van der Waals surface area contributed by atoms with Crippen molar-refractivity contribution in [1.29, 1.82) is 0 Å². The molecule has 26 heavy (non-hydrogen) atoms. The minimum absolute atomic E-state index is 0.0318. The highest BCUT2D eigenvalue weighted by atomic mass is 16.5. The molecule has 0 bridgehead atoms. The molecule has 0 unspecified atom stereocenters. The van der Waals surface area contributed by atoms with Crippen LogP contribution < -0.4 is 4.74 Å². The molecule has 0 aliphatic carbocycles. The van der Waals surface area contributed by atoms with E-state index in [4.69, 9.17) is 9.47 Å². The standard InChI is InChI=1S/C20H24O6/c1-12-7-8-16(22)10-15(21)6-4-5-14-9-17(25-3)11-18(23)19(14)20(24)26-13(12)2/h4-5,7,9,11,13,15,21,23H,6,8,10H2,1-3H3/t13-,15-/m0/s1. The first kappa shape index (κ1) is 19.7. The van der Waals surface area contributed by atoms with Crippen LogP contribution in [0.1, 0.15) is 49.0 Å². The Morgan fingerprint density at radius 3 is 2.69 bits per heavy atom. The van der Waals surface area contributed by atoms with Gasteiger partial charge in [-0.3, -0.25) is 4.79 Å². The lowest BCUT2D eigenvalue weighted by atomic mass is 10.0. The van der Waals surface area contributed by atoms with Crippen LogP contribution >= 0.6 is 0 Å². The van der Waals surface area contributed by atoms with Gasteiger partial charge in [-0.25, -0.2) is 4.79 Å². The van der Waals surface area contributed by atoms with Crippen LogP contribution in [-0.4, -0.2) is 41.3 Å². The molecule has 0 aromatic heterocycles. The molecule has 0 saturated heterocycles. The maximum atomic E-state index is 12.6. The summed E-state index contributed by atoms with van der Waals surface area (Å²) in [6.45, 7) is 3.47. The molecule has 0 spiro atoms. The normalized spacial score (nSPS) is 22.1. The van der Waals surface area contributed by atoms with Gasteiger partial charge in [0.05, 0.1) is 13.2 Å². The second kappa shape index (κ2) is 8.67. The molecule has 1 aromatic carbocycles. The fourth-order valence-electron chi connectivity index (χ4n) is 2.63. The van der Waals surface area contributed by atoms with E-state index in [1.165, 1.54) is 13.2 Å². The molecule has 6 heteroatoms. The number of allylic oxidation sites excluding steroid dienone is 1. The number of aromatic hydroxyl groups is 1.